The highest BCUT2D eigenvalue weighted by Gasteiger charge is 2.11. The van der Waals surface area contributed by atoms with Crippen LogP contribution in [-0.2, 0) is 10.6 Å². The molecular weight excluding hydrogens is 204 g/mol. The summed E-state index contributed by atoms with van der Waals surface area (Å²) in [4.78, 5) is 11.3. The summed E-state index contributed by atoms with van der Waals surface area (Å²) in [6, 6.07) is 3.25. The number of ether oxygens (including phenoxy) is 1. The van der Waals surface area contributed by atoms with Gasteiger partial charge in [0.1, 0.15) is 5.76 Å². The van der Waals surface area contributed by atoms with Crippen LogP contribution in [0.25, 0.3) is 0 Å². The third-order valence-corrected chi connectivity index (χ3v) is 1.99. The lowest BCUT2D eigenvalue weighted by Crippen LogP contribution is -2.04. The van der Waals surface area contributed by atoms with Crippen molar-refractivity contribution in [3.05, 3.63) is 23.7 Å². The number of hydrogen-bond acceptors (Lipinski definition) is 3. The predicted octanol–water partition coefficient (Wildman–Crippen LogP) is 2.98. The molecule has 0 aliphatic carbocycles. The minimum absolute atomic E-state index is 0.219. The Morgan fingerprint density at radius 2 is 2.36 bits per heavy atom. The number of halogens is 1. The summed E-state index contributed by atoms with van der Waals surface area (Å²) in [5.74, 6) is 0.642. The molecule has 0 atom stereocenters. The van der Waals surface area contributed by atoms with Gasteiger partial charge in [-0.15, -0.1) is 11.6 Å². The van der Waals surface area contributed by atoms with E-state index < -0.39 is 5.97 Å². The van der Waals surface area contributed by atoms with Crippen LogP contribution < -0.4 is 0 Å². The van der Waals surface area contributed by atoms with E-state index >= 15 is 0 Å². The molecule has 14 heavy (non-hydrogen) atoms. The summed E-state index contributed by atoms with van der Waals surface area (Å²) in [7, 11) is 0. The van der Waals surface area contributed by atoms with Gasteiger partial charge in [-0.05, 0) is 18.6 Å². The lowest BCUT2D eigenvalue weighted by molar-refractivity contribution is 0.0462. The highest BCUT2D eigenvalue weighted by atomic mass is 35.5. The highest BCUT2D eigenvalue weighted by molar-refractivity contribution is 6.16. The van der Waals surface area contributed by atoms with Crippen molar-refractivity contribution in [1.29, 1.82) is 0 Å². The van der Waals surface area contributed by atoms with Crippen LogP contribution in [0.5, 0.6) is 0 Å². The van der Waals surface area contributed by atoms with Crippen LogP contribution >= 0.6 is 11.6 Å². The summed E-state index contributed by atoms with van der Waals surface area (Å²) in [6.45, 7) is 2.47. The Hall–Kier alpha value is -0.960. The molecule has 1 heterocycles. The second-order valence-corrected chi connectivity index (χ2v) is 3.16. The van der Waals surface area contributed by atoms with Crippen molar-refractivity contribution < 1.29 is 13.9 Å². The lowest BCUT2D eigenvalue weighted by Gasteiger charge is -2.00. The van der Waals surface area contributed by atoms with E-state index in [0.717, 1.165) is 12.8 Å². The first-order chi connectivity index (χ1) is 6.77. The van der Waals surface area contributed by atoms with Gasteiger partial charge in [0.25, 0.3) is 0 Å². The zero-order valence-electron chi connectivity index (χ0n) is 8.09. The summed E-state index contributed by atoms with van der Waals surface area (Å²) >= 11 is 5.53. The number of carbonyl (C=O) groups excluding carboxylic acids is 1. The molecule has 0 saturated heterocycles. The molecule has 0 bridgehead atoms. The van der Waals surface area contributed by atoms with Crippen LogP contribution in [0.1, 0.15) is 36.1 Å². The smallest absolute Gasteiger partial charge is 0.374 e. The van der Waals surface area contributed by atoms with E-state index in [1.54, 1.807) is 12.1 Å². The van der Waals surface area contributed by atoms with E-state index in [4.69, 9.17) is 20.8 Å². The summed E-state index contributed by atoms with van der Waals surface area (Å²) in [6.07, 6.45) is 1.87. The van der Waals surface area contributed by atoms with E-state index in [2.05, 4.69) is 0 Å². The van der Waals surface area contributed by atoms with E-state index in [9.17, 15) is 4.79 Å². The standard InChI is InChI=1S/C10H13ClO3/c1-2-3-6-13-10(12)9-5-4-8(7-11)14-9/h4-5H,2-3,6-7H2,1H3. The van der Waals surface area contributed by atoms with Gasteiger partial charge < -0.3 is 9.15 Å². The Balaban J connectivity index is 2.44. The van der Waals surface area contributed by atoms with Crippen LogP contribution in [0, 0.1) is 0 Å². The molecule has 0 N–H and O–H groups in total. The maximum atomic E-state index is 11.3. The van der Waals surface area contributed by atoms with Crippen LogP contribution in [-0.4, -0.2) is 12.6 Å². The molecule has 0 unspecified atom stereocenters. The Kier molecular flexibility index (Phi) is 4.53. The van der Waals surface area contributed by atoms with E-state index in [-0.39, 0.29) is 11.6 Å². The predicted molar refractivity (Wildman–Crippen MR) is 53.5 cm³/mol. The second-order valence-electron chi connectivity index (χ2n) is 2.89. The summed E-state index contributed by atoms with van der Waals surface area (Å²) in [5, 5.41) is 0. The van der Waals surface area contributed by atoms with Gasteiger partial charge >= 0.3 is 5.97 Å². The monoisotopic (exact) mass is 216 g/mol. The fourth-order valence-corrected chi connectivity index (χ4v) is 1.08. The van der Waals surface area contributed by atoms with Crippen molar-refractivity contribution in [2.75, 3.05) is 6.61 Å². The lowest BCUT2D eigenvalue weighted by atomic mass is 10.4. The number of furan rings is 1. The first kappa shape index (κ1) is 11.1. The van der Waals surface area contributed by atoms with Crippen molar-refractivity contribution in [2.24, 2.45) is 0 Å². The fraction of sp³-hybridized carbons (Fsp3) is 0.500. The van der Waals surface area contributed by atoms with Crippen molar-refractivity contribution in [2.45, 2.75) is 25.6 Å². The average Bonchev–Trinajstić information content (AvgIpc) is 2.66. The van der Waals surface area contributed by atoms with Crippen LogP contribution in [0.2, 0.25) is 0 Å². The molecule has 0 amide bonds. The first-order valence-corrected chi connectivity index (χ1v) is 5.13. The maximum absolute atomic E-state index is 11.3. The zero-order chi connectivity index (χ0) is 10.4. The highest BCUT2D eigenvalue weighted by Crippen LogP contribution is 2.11. The van der Waals surface area contributed by atoms with E-state index in [1.165, 1.54) is 0 Å². The average molecular weight is 217 g/mol. The molecule has 1 aromatic rings. The molecule has 1 rings (SSSR count). The molecule has 78 valence electrons. The third-order valence-electron chi connectivity index (χ3n) is 1.73. The van der Waals surface area contributed by atoms with Crippen molar-refractivity contribution in [3.8, 4) is 0 Å². The molecule has 0 aliphatic heterocycles. The number of hydrogen-bond donors (Lipinski definition) is 0. The summed E-state index contributed by atoms with van der Waals surface area (Å²) < 4.78 is 10.1. The number of carbonyl (C=O) groups is 1. The maximum Gasteiger partial charge on any atom is 0.374 e. The molecule has 0 spiro atoms. The summed E-state index contributed by atoms with van der Waals surface area (Å²) in [5.41, 5.74) is 0. The van der Waals surface area contributed by atoms with Crippen molar-refractivity contribution in [1.82, 2.24) is 0 Å². The molecule has 0 saturated carbocycles. The quantitative estimate of drug-likeness (QED) is 0.432. The molecule has 1 aromatic heterocycles. The van der Waals surface area contributed by atoms with Crippen molar-refractivity contribution >= 4 is 17.6 Å². The largest absolute Gasteiger partial charge is 0.460 e. The zero-order valence-corrected chi connectivity index (χ0v) is 8.84. The fourth-order valence-electron chi connectivity index (χ4n) is 0.940. The van der Waals surface area contributed by atoms with E-state index in [1.807, 2.05) is 6.92 Å². The SMILES string of the molecule is CCCCOC(=O)c1ccc(CCl)o1. The molecule has 0 radical (unpaired) electrons. The number of esters is 1. The molecule has 0 aliphatic rings. The van der Waals surface area contributed by atoms with Gasteiger partial charge in [0.05, 0.1) is 12.5 Å². The molecule has 0 aromatic carbocycles. The van der Waals surface area contributed by atoms with Gasteiger partial charge in [-0.1, -0.05) is 13.3 Å². The number of alkyl halides is 1. The molecular formula is C10H13ClO3. The van der Waals surface area contributed by atoms with Gasteiger partial charge in [-0.25, -0.2) is 4.79 Å². The Bertz CT molecular complexity index is 293. The van der Waals surface area contributed by atoms with Crippen LogP contribution in [0.4, 0.5) is 0 Å². The van der Waals surface area contributed by atoms with Gasteiger partial charge in [0.15, 0.2) is 0 Å². The minimum atomic E-state index is -0.421. The third kappa shape index (κ3) is 3.07. The van der Waals surface area contributed by atoms with E-state index in [0.29, 0.717) is 12.4 Å². The van der Waals surface area contributed by atoms with Gasteiger partial charge in [-0.2, -0.15) is 0 Å². The molecule has 4 heteroatoms. The Morgan fingerprint density at radius 3 is 2.93 bits per heavy atom. The normalized spacial score (nSPS) is 10.1. The van der Waals surface area contributed by atoms with Crippen molar-refractivity contribution in [3.63, 3.8) is 0 Å². The Morgan fingerprint density at radius 1 is 1.57 bits per heavy atom. The first-order valence-electron chi connectivity index (χ1n) is 4.59. The number of rotatable bonds is 5. The Labute approximate surface area is 88.0 Å². The van der Waals surface area contributed by atoms with Crippen LogP contribution in [0.15, 0.2) is 16.5 Å². The minimum Gasteiger partial charge on any atom is -0.460 e. The molecule has 0 fully saturated rings. The van der Waals surface area contributed by atoms with Gasteiger partial charge in [0.2, 0.25) is 5.76 Å². The topological polar surface area (TPSA) is 39.4 Å². The van der Waals surface area contributed by atoms with Crippen LogP contribution in [0.3, 0.4) is 0 Å². The van der Waals surface area contributed by atoms with Gasteiger partial charge in [-0.3, -0.25) is 0 Å². The second kappa shape index (κ2) is 5.70. The van der Waals surface area contributed by atoms with Gasteiger partial charge in [0, 0.05) is 0 Å². The number of unbranched alkanes of at least 4 members (excludes halogenated alkanes) is 1. The molecule has 3 nitrogen and oxygen atoms in total.